The molecule has 0 spiro atoms. The van der Waals surface area contributed by atoms with Gasteiger partial charge < -0.3 is 30.9 Å². The third kappa shape index (κ3) is 10.5. The van der Waals surface area contributed by atoms with Crippen molar-refractivity contribution in [3.63, 3.8) is 0 Å². The number of hydrogen-bond acceptors (Lipinski definition) is 9. The highest BCUT2D eigenvalue weighted by Crippen LogP contribution is 2.14. The van der Waals surface area contributed by atoms with Gasteiger partial charge in [-0.1, -0.05) is 39.8 Å². The Hall–Kier alpha value is -4.56. The first-order chi connectivity index (χ1) is 21.8. The molecule has 0 unspecified atom stereocenters. The fraction of sp³-hybridized carbons (Fsp3) is 0.613. The molecule has 46 heavy (non-hydrogen) atoms. The van der Waals surface area contributed by atoms with Gasteiger partial charge in [0, 0.05) is 25.4 Å². The molecular weight excluding hydrogens is 594 g/mol. The summed E-state index contributed by atoms with van der Waals surface area (Å²) in [6.45, 7) is 10.8. The number of aryl methyl sites for hydroxylation is 2. The van der Waals surface area contributed by atoms with Gasteiger partial charge in [0.15, 0.2) is 0 Å². The van der Waals surface area contributed by atoms with Crippen LogP contribution in [0.2, 0.25) is 0 Å². The van der Waals surface area contributed by atoms with Crippen LogP contribution < -0.4 is 26.0 Å². The second-order valence-corrected chi connectivity index (χ2v) is 12.4. The average Bonchev–Trinajstić information content (AvgIpc) is 3.41. The molecule has 1 fully saturated rings. The van der Waals surface area contributed by atoms with Crippen LogP contribution in [0.4, 0.5) is 0 Å². The lowest BCUT2D eigenvalue weighted by molar-refractivity contribution is -0.138. The normalized spacial score (nSPS) is 22.0. The van der Waals surface area contributed by atoms with Crippen molar-refractivity contribution in [1.29, 1.82) is 0 Å². The quantitative estimate of drug-likeness (QED) is 0.295. The van der Waals surface area contributed by atoms with Gasteiger partial charge in [0.25, 0.3) is 0 Å². The van der Waals surface area contributed by atoms with Gasteiger partial charge in [0.2, 0.25) is 29.5 Å². The number of rotatable bonds is 9. The molecule has 0 radical (unpaired) electrons. The third-order valence-electron chi connectivity index (χ3n) is 7.83. The Bertz CT molecular complexity index is 1360. The molecule has 2 heterocycles. The monoisotopic (exact) mass is 641 g/mol. The minimum absolute atomic E-state index is 0.00727. The fourth-order valence-electron chi connectivity index (χ4n) is 5.01. The molecule has 4 N–H and O–H groups in total. The molecule has 15 heteroatoms. The van der Waals surface area contributed by atoms with E-state index in [4.69, 9.17) is 4.74 Å². The summed E-state index contributed by atoms with van der Waals surface area (Å²) in [5.74, 6) is -1.36. The van der Waals surface area contributed by atoms with Gasteiger partial charge in [0.1, 0.15) is 29.7 Å². The van der Waals surface area contributed by atoms with Crippen LogP contribution in [0.5, 0.6) is 5.75 Å². The van der Waals surface area contributed by atoms with Gasteiger partial charge in [-0.05, 0) is 60.2 Å². The maximum atomic E-state index is 13.6. The Kier molecular flexibility index (Phi) is 13.0. The zero-order valence-corrected chi connectivity index (χ0v) is 27.7. The highest BCUT2D eigenvalue weighted by molar-refractivity contribution is 5.95. The van der Waals surface area contributed by atoms with E-state index in [2.05, 4.69) is 36.8 Å². The van der Waals surface area contributed by atoms with Crippen LogP contribution >= 0.6 is 0 Å². The lowest BCUT2D eigenvalue weighted by atomic mass is 10.0. The molecular formula is C31H47N9O6. The molecule has 5 amide bonds. The van der Waals surface area contributed by atoms with Crippen LogP contribution in [-0.2, 0) is 36.9 Å². The van der Waals surface area contributed by atoms with Crippen LogP contribution in [0.3, 0.4) is 0 Å². The predicted molar refractivity (Wildman–Crippen MR) is 168 cm³/mol. The molecule has 3 rings (SSSR count). The van der Waals surface area contributed by atoms with Crippen LogP contribution in [0.15, 0.2) is 24.3 Å². The van der Waals surface area contributed by atoms with E-state index in [0.717, 1.165) is 5.56 Å². The van der Waals surface area contributed by atoms with E-state index < -0.39 is 47.8 Å². The predicted octanol–water partition coefficient (Wildman–Crippen LogP) is 0.126. The Morgan fingerprint density at radius 3 is 2.22 bits per heavy atom. The molecule has 1 aliphatic heterocycles. The minimum Gasteiger partial charge on any atom is -0.497 e. The van der Waals surface area contributed by atoms with E-state index in [0.29, 0.717) is 18.0 Å². The summed E-state index contributed by atoms with van der Waals surface area (Å²) in [6, 6.07) is 3.58. The first-order valence-electron chi connectivity index (χ1n) is 15.6. The summed E-state index contributed by atoms with van der Waals surface area (Å²) < 4.78 is 6.71. The van der Waals surface area contributed by atoms with Gasteiger partial charge in [-0.25, -0.2) is 4.68 Å². The number of nitrogens with zero attached hydrogens (tertiary/aromatic N) is 5. The molecule has 2 aromatic rings. The SMILES string of the molecule is COc1ccc(C[C@@H]2NC(=O)[C@H](CC(C)C)NC(=O)CN(C(=O)CCn3nnnc3C)C[C@H](C(C)C)NC(=O)[C@@H](C)NC2=O)cc1. The highest BCUT2D eigenvalue weighted by atomic mass is 16.5. The van der Waals surface area contributed by atoms with Gasteiger partial charge in [-0.15, -0.1) is 5.10 Å². The number of amides is 5. The molecule has 1 saturated heterocycles. The second-order valence-electron chi connectivity index (χ2n) is 12.4. The van der Waals surface area contributed by atoms with E-state index in [-0.39, 0.29) is 50.2 Å². The Morgan fingerprint density at radius 1 is 0.957 bits per heavy atom. The van der Waals surface area contributed by atoms with Crippen molar-refractivity contribution >= 4 is 29.5 Å². The Morgan fingerprint density at radius 2 is 1.63 bits per heavy atom. The number of aromatic nitrogens is 4. The van der Waals surface area contributed by atoms with Crippen molar-refractivity contribution in [2.45, 2.75) is 91.5 Å². The summed E-state index contributed by atoms with van der Waals surface area (Å²) in [5.41, 5.74) is 0.756. The summed E-state index contributed by atoms with van der Waals surface area (Å²) in [5, 5.41) is 22.6. The van der Waals surface area contributed by atoms with E-state index in [1.807, 2.05) is 27.7 Å². The highest BCUT2D eigenvalue weighted by Gasteiger charge is 2.32. The molecule has 1 aromatic heterocycles. The maximum Gasteiger partial charge on any atom is 0.243 e. The van der Waals surface area contributed by atoms with Gasteiger partial charge in [-0.2, -0.15) is 0 Å². The van der Waals surface area contributed by atoms with Gasteiger partial charge in [-0.3, -0.25) is 24.0 Å². The third-order valence-corrected chi connectivity index (χ3v) is 7.83. The lowest BCUT2D eigenvalue weighted by Gasteiger charge is -2.31. The topological polar surface area (TPSA) is 190 Å². The van der Waals surface area contributed by atoms with E-state index in [1.54, 1.807) is 45.2 Å². The number of tetrazole rings is 1. The Balaban J connectivity index is 1.93. The van der Waals surface area contributed by atoms with E-state index >= 15 is 0 Å². The zero-order chi connectivity index (χ0) is 34.0. The van der Waals surface area contributed by atoms with Crippen LogP contribution in [-0.4, -0.2) is 99.0 Å². The molecule has 0 aliphatic carbocycles. The minimum atomic E-state index is -1.04. The number of nitrogens with one attached hydrogen (secondary N) is 4. The second kappa shape index (κ2) is 16.7. The van der Waals surface area contributed by atoms with Crippen molar-refractivity contribution in [2.75, 3.05) is 20.2 Å². The fourth-order valence-corrected chi connectivity index (χ4v) is 5.01. The average molecular weight is 642 g/mol. The summed E-state index contributed by atoms with van der Waals surface area (Å²) in [6.07, 6.45) is 0.440. The van der Waals surface area contributed by atoms with Crippen molar-refractivity contribution in [1.82, 2.24) is 46.4 Å². The summed E-state index contributed by atoms with van der Waals surface area (Å²) in [4.78, 5) is 68.8. The van der Waals surface area contributed by atoms with Gasteiger partial charge in [0.05, 0.1) is 20.2 Å². The largest absolute Gasteiger partial charge is 0.497 e. The van der Waals surface area contributed by atoms with Gasteiger partial charge >= 0.3 is 0 Å². The number of methoxy groups -OCH3 is 1. The van der Waals surface area contributed by atoms with Crippen molar-refractivity contribution in [3.8, 4) is 5.75 Å². The zero-order valence-electron chi connectivity index (χ0n) is 27.7. The van der Waals surface area contributed by atoms with Crippen molar-refractivity contribution in [3.05, 3.63) is 35.7 Å². The number of hydrogen-bond donors (Lipinski definition) is 4. The lowest BCUT2D eigenvalue weighted by Crippen LogP contribution is -2.57. The van der Waals surface area contributed by atoms with Crippen molar-refractivity contribution in [2.24, 2.45) is 11.8 Å². The molecule has 252 valence electrons. The smallest absolute Gasteiger partial charge is 0.243 e. The van der Waals surface area contributed by atoms with Crippen LogP contribution in [0.1, 0.15) is 58.8 Å². The molecule has 15 nitrogen and oxygen atoms in total. The summed E-state index contributed by atoms with van der Waals surface area (Å²) in [7, 11) is 1.55. The number of benzene rings is 1. The number of carbonyl (C=O) groups is 5. The molecule has 0 bridgehead atoms. The molecule has 0 saturated carbocycles. The maximum absolute atomic E-state index is 13.6. The van der Waals surface area contributed by atoms with E-state index in [9.17, 15) is 24.0 Å². The first-order valence-corrected chi connectivity index (χ1v) is 15.6. The Labute approximate surface area is 269 Å². The molecule has 1 aliphatic rings. The first kappa shape index (κ1) is 35.9. The summed E-state index contributed by atoms with van der Waals surface area (Å²) >= 11 is 0. The number of carbonyl (C=O) groups excluding carboxylic acids is 5. The van der Waals surface area contributed by atoms with Crippen LogP contribution in [0, 0.1) is 18.8 Å². The van der Waals surface area contributed by atoms with E-state index in [1.165, 1.54) is 9.58 Å². The van der Waals surface area contributed by atoms with Crippen molar-refractivity contribution < 1.29 is 28.7 Å². The molecule has 1 aromatic carbocycles. The number of ether oxygens (including phenoxy) is 1. The molecule has 4 atom stereocenters. The van der Waals surface area contributed by atoms with Crippen LogP contribution in [0.25, 0.3) is 0 Å². The standard InChI is InChI=1S/C31H47N9O6/c1-18(2)14-24-31(45)34-25(15-22-8-10-23(46-7)11-9-22)30(44)32-20(5)29(43)35-26(19(3)4)16-39(17-27(41)33-24)28(42)12-13-40-21(6)36-37-38-40/h8-11,18-20,24-26H,12-17H2,1-7H3,(H,32,44)(H,33,41)(H,34,45)(H,35,43)/t20-,24+,25+,26-/m1/s1.